The summed E-state index contributed by atoms with van der Waals surface area (Å²) in [6.07, 6.45) is 9.24. The first-order chi connectivity index (χ1) is 10.7. The Morgan fingerprint density at radius 3 is 2.55 bits per heavy atom. The van der Waals surface area contributed by atoms with E-state index in [2.05, 4.69) is 26.9 Å². The van der Waals surface area contributed by atoms with Crippen LogP contribution in [-0.2, 0) is 11.3 Å². The lowest BCUT2D eigenvalue weighted by molar-refractivity contribution is -0.126. The van der Waals surface area contributed by atoms with E-state index in [1.807, 2.05) is 12.4 Å². The lowest BCUT2D eigenvalue weighted by Crippen LogP contribution is -2.55. The van der Waals surface area contributed by atoms with Gasteiger partial charge in [-0.1, -0.05) is 6.42 Å². The van der Waals surface area contributed by atoms with Gasteiger partial charge in [0.05, 0.1) is 6.04 Å². The van der Waals surface area contributed by atoms with E-state index in [1.54, 1.807) is 0 Å². The van der Waals surface area contributed by atoms with Crippen LogP contribution in [0.15, 0.2) is 24.5 Å². The third-order valence-corrected chi connectivity index (χ3v) is 5.05. The molecule has 0 spiro atoms. The Morgan fingerprint density at radius 2 is 1.86 bits per heavy atom. The number of pyridine rings is 1. The maximum atomic E-state index is 11.7. The molecule has 2 aliphatic rings. The van der Waals surface area contributed by atoms with E-state index in [0.717, 1.165) is 51.9 Å². The molecule has 5 nitrogen and oxygen atoms in total. The highest BCUT2D eigenvalue weighted by Gasteiger charge is 2.33. The number of hydrogen-bond donors (Lipinski definition) is 1. The van der Waals surface area contributed by atoms with Gasteiger partial charge in [0.1, 0.15) is 0 Å². The molecule has 0 aromatic carbocycles. The Hall–Kier alpha value is -1.46. The molecule has 1 aromatic heterocycles. The molecule has 120 valence electrons. The van der Waals surface area contributed by atoms with Gasteiger partial charge in [-0.15, -0.1) is 0 Å². The fraction of sp³-hybridized carbons (Fsp3) is 0.647. The van der Waals surface area contributed by atoms with Crippen LogP contribution in [0.1, 0.15) is 37.7 Å². The second-order valence-electron chi connectivity index (χ2n) is 6.51. The van der Waals surface area contributed by atoms with E-state index in [1.165, 1.54) is 12.0 Å². The predicted octanol–water partition coefficient (Wildman–Crippen LogP) is 1.39. The number of nitrogens with zero attached hydrogens (tertiary/aromatic N) is 3. The van der Waals surface area contributed by atoms with Crippen molar-refractivity contribution in [1.82, 2.24) is 14.8 Å². The zero-order valence-corrected chi connectivity index (χ0v) is 13.2. The molecular formula is C17H26N4O. The Balaban J connectivity index is 1.53. The van der Waals surface area contributed by atoms with Crippen LogP contribution in [0.25, 0.3) is 0 Å². The van der Waals surface area contributed by atoms with Gasteiger partial charge in [0.15, 0.2) is 0 Å². The van der Waals surface area contributed by atoms with Gasteiger partial charge in [0.2, 0.25) is 5.91 Å². The Labute approximate surface area is 132 Å². The van der Waals surface area contributed by atoms with Crippen LogP contribution >= 0.6 is 0 Å². The minimum Gasteiger partial charge on any atom is -0.368 e. The second kappa shape index (κ2) is 7.20. The highest BCUT2D eigenvalue weighted by Crippen LogP contribution is 2.25. The van der Waals surface area contributed by atoms with Gasteiger partial charge in [-0.05, 0) is 63.0 Å². The van der Waals surface area contributed by atoms with Gasteiger partial charge in [-0.2, -0.15) is 0 Å². The minimum atomic E-state index is -0.140. The zero-order chi connectivity index (χ0) is 15.4. The van der Waals surface area contributed by atoms with E-state index in [0.29, 0.717) is 6.04 Å². The summed E-state index contributed by atoms with van der Waals surface area (Å²) >= 11 is 0. The summed E-state index contributed by atoms with van der Waals surface area (Å²) in [6, 6.07) is 4.65. The number of amides is 1. The number of carbonyl (C=O) groups is 1. The lowest BCUT2D eigenvalue weighted by atomic mass is 9.94. The van der Waals surface area contributed by atoms with E-state index < -0.39 is 0 Å². The molecule has 3 heterocycles. The first kappa shape index (κ1) is 15.4. The molecule has 0 bridgehead atoms. The average Bonchev–Trinajstić information content (AvgIpc) is 2.56. The highest BCUT2D eigenvalue weighted by atomic mass is 16.1. The fourth-order valence-electron chi connectivity index (χ4n) is 3.85. The molecule has 1 amide bonds. The summed E-state index contributed by atoms with van der Waals surface area (Å²) in [5.74, 6) is -0.140. The van der Waals surface area contributed by atoms with Crippen molar-refractivity contribution in [3.8, 4) is 0 Å². The smallest absolute Gasteiger partial charge is 0.234 e. The van der Waals surface area contributed by atoms with Crippen LogP contribution in [0.5, 0.6) is 0 Å². The number of hydrogen-bond acceptors (Lipinski definition) is 4. The Kier molecular flexibility index (Phi) is 5.05. The summed E-state index contributed by atoms with van der Waals surface area (Å²) in [5, 5.41) is 0. The van der Waals surface area contributed by atoms with E-state index in [4.69, 9.17) is 5.73 Å². The summed E-state index contributed by atoms with van der Waals surface area (Å²) < 4.78 is 0. The van der Waals surface area contributed by atoms with Crippen LogP contribution in [-0.4, -0.2) is 52.4 Å². The molecule has 2 N–H and O–H groups in total. The predicted molar refractivity (Wildman–Crippen MR) is 86.1 cm³/mol. The molecule has 1 aromatic rings. The Morgan fingerprint density at radius 1 is 1.14 bits per heavy atom. The average molecular weight is 302 g/mol. The largest absolute Gasteiger partial charge is 0.368 e. The number of carbonyl (C=O) groups excluding carboxylic acids is 1. The third-order valence-electron chi connectivity index (χ3n) is 5.05. The molecule has 22 heavy (non-hydrogen) atoms. The monoisotopic (exact) mass is 302 g/mol. The van der Waals surface area contributed by atoms with Crippen LogP contribution < -0.4 is 5.73 Å². The third kappa shape index (κ3) is 3.65. The maximum Gasteiger partial charge on any atom is 0.234 e. The molecule has 0 saturated carbocycles. The first-order valence-electron chi connectivity index (χ1n) is 8.40. The van der Waals surface area contributed by atoms with Crippen LogP contribution in [0.3, 0.4) is 0 Å². The standard InChI is InChI=1S/C17H26N4O/c18-17(22)16-3-1-2-10-21(16)15-6-11-20(12-7-15)13-14-4-8-19-9-5-14/h4-5,8-9,15-16H,1-3,6-7,10-13H2,(H2,18,22). The topological polar surface area (TPSA) is 62.5 Å². The Bertz CT molecular complexity index is 485. The summed E-state index contributed by atoms with van der Waals surface area (Å²) in [7, 11) is 0. The van der Waals surface area contributed by atoms with Gasteiger partial charge >= 0.3 is 0 Å². The van der Waals surface area contributed by atoms with E-state index in [-0.39, 0.29) is 11.9 Å². The van der Waals surface area contributed by atoms with Crippen molar-refractivity contribution in [2.45, 2.75) is 50.7 Å². The molecular weight excluding hydrogens is 276 g/mol. The van der Waals surface area contributed by atoms with Gasteiger partial charge in [0.25, 0.3) is 0 Å². The molecule has 1 atom stereocenters. The summed E-state index contributed by atoms with van der Waals surface area (Å²) in [5.41, 5.74) is 6.92. The number of likely N-dealkylation sites (tertiary alicyclic amines) is 2. The van der Waals surface area contributed by atoms with E-state index >= 15 is 0 Å². The normalized spacial score (nSPS) is 25.2. The van der Waals surface area contributed by atoms with Crippen LogP contribution in [0, 0.1) is 0 Å². The second-order valence-corrected chi connectivity index (χ2v) is 6.51. The van der Waals surface area contributed by atoms with Crippen molar-refractivity contribution in [2.75, 3.05) is 19.6 Å². The number of rotatable bonds is 4. The summed E-state index contributed by atoms with van der Waals surface area (Å²) in [6.45, 7) is 4.21. The molecule has 0 aliphatic carbocycles. The van der Waals surface area contributed by atoms with Crippen molar-refractivity contribution in [1.29, 1.82) is 0 Å². The summed E-state index contributed by atoms with van der Waals surface area (Å²) in [4.78, 5) is 20.6. The minimum absolute atomic E-state index is 0.0366. The van der Waals surface area contributed by atoms with Crippen LogP contribution in [0.4, 0.5) is 0 Å². The van der Waals surface area contributed by atoms with Gasteiger partial charge in [-0.25, -0.2) is 0 Å². The highest BCUT2D eigenvalue weighted by molar-refractivity contribution is 5.80. The molecule has 2 aliphatic heterocycles. The van der Waals surface area contributed by atoms with Crippen molar-refractivity contribution < 1.29 is 4.79 Å². The van der Waals surface area contributed by atoms with Crippen molar-refractivity contribution in [3.63, 3.8) is 0 Å². The molecule has 5 heteroatoms. The van der Waals surface area contributed by atoms with Gasteiger partial charge in [-0.3, -0.25) is 19.6 Å². The maximum absolute atomic E-state index is 11.7. The molecule has 2 saturated heterocycles. The van der Waals surface area contributed by atoms with Gasteiger partial charge in [0, 0.05) is 25.0 Å². The quantitative estimate of drug-likeness (QED) is 0.913. The van der Waals surface area contributed by atoms with Crippen molar-refractivity contribution in [2.24, 2.45) is 5.73 Å². The fourth-order valence-corrected chi connectivity index (χ4v) is 3.85. The van der Waals surface area contributed by atoms with Crippen LogP contribution in [0.2, 0.25) is 0 Å². The van der Waals surface area contributed by atoms with Crippen molar-refractivity contribution >= 4 is 5.91 Å². The SMILES string of the molecule is NC(=O)C1CCCCN1C1CCN(Cc2ccncc2)CC1. The molecule has 0 radical (unpaired) electrons. The number of nitrogens with two attached hydrogens (primary N) is 1. The lowest BCUT2D eigenvalue weighted by Gasteiger charge is -2.43. The van der Waals surface area contributed by atoms with Crippen molar-refractivity contribution in [3.05, 3.63) is 30.1 Å². The number of aromatic nitrogens is 1. The number of primary amides is 1. The molecule has 3 rings (SSSR count). The number of piperidine rings is 2. The van der Waals surface area contributed by atoms with E-state index in [9.17, 15) is 4.79 Å². The molecule has 2 fully saturated rings. The van der Waals surface area contributed by atoms with Gasteiger partial charge < -0.3 is 5.73 Å². The first-order valence-corrected chi connectivity index (χ1v) is 8.40. The zero-order valence-electron chi connectivity index (χ0n) is 13.2. The molecule has 1 unspecified atom stereocenters.